The zero-order valence-corrected chi connectivity index (χ0v) is 33.8. The number of unbranched alkanes of at least 4 members (excludes halogenated alkanes) is 28. The van der Waals surface area contributed by atoms with Crippen LogP contribution in [0.1, 0.15) is 213 Å². The highest BCUT2D eigenvalue weighted by Crippen LogP contribution is 2.43. The summed E-state index contributed by atoms with van der Waals surface area (Å²) in [6.07, 6.45) is 41.1. The number of allylic oxidation sites excluding steroid dienone is 1. The molecule has 3 atom stereocenters. The van der Waals surface area contributed by atoms with Gasteiger partial charge in [0.1, 0.15) is 0 Å². The van der Waals surface area contributed by atoms with Crippen LogP contribution < -0.4 is 11.1 Å². The lowest BCUT2D eigenvalue weighted by atomic mass is 10.0. The average Bonchev–Trinajstić information content (AvgIpc) is 3.10. The van der Waals surface area contributed by atoms with Gasteiger partial charge in [0.2, 0.25) is 5.91 Å². The molecular formula is C41H83N2O6P. The Balaban J connectivity index is 4.21. The quantitative estimate of drug-likeness (QED) is 0.0280. The number of rotatable bonds is 40. The molecule has 0 aromatic heterocycles. The highest BCUT2D eigenvalue weighted by Gasteiger charge is 2.26. The SMILES string of the molecule is CCCCCCCCCCCCCCCC/C=C/[C@@H](O)[C@H](COP(=O)(O)OCCN)NC(=O)CCCCCCCCCCCCCCCCC. The van der Waals surface area contributed by atoms with E-state index in [1.54, 1.807) is 6.08 Å². The van der Waals surface area contributed by atoms with E-state index in [-0.39, 0.29) is 25.7 Å². The van der Waals surface area contributed by atoms with Gasteiger partial charge in [-0.05, 0) is 19.3 Å². The minimum atomic E-state index is -4.33. The van der Waals surface area contributed by atoms with Crippen LogP contribution in [0.3, 0.4) is 0 Å². The van der Waals surface area contributed by atoms with E-state index in [9.17, 15) is 19.4 Å². The van der Waals surface area contributed by atoms with Crippen molar-refractivity contribution in [1.82, 2.24) is 5.32 Å². The third-order valence-electron chi connectivity index (χ3n) is 9.61. The molecule has 0 aliphatic carbocycles. The van der Waals surface area contributed by atoms with E-state index >= 15 is 0 Å². The van der Waals surface area contributed by atoms with Crippen LogP contribution in [0, 0.1) is 0 Å². The van der Waals surface area contributed by atoms with Crippen molar-refractivity contribution >= 4 is 13.7 Å². The van der Waals surface area contributed by atoms with Crippen LogP contribution in [0.25, 0.3) is 0 Å². The Morgan fingerprint density at radius 1 is 0.640 bits per heavy atom. The van der Waals surface area contributed by atoms with Crippen LogP contribution >= 0.6 is 7.82 Å². The number of aliphatic hydroxyl groups is 1. The van der Waals surface area contributed by atoms with Gasteiger partial charge in [0.15, 0.2) is 0 Å². The Bertz CT molecular complexity index is 799. The highest BCUT2D eigenvalue weighted by atomic mass is 31.2. The van der Waals surface area contributed by atoms with E-state index in [0.29, 0.717) is 6.42 Å². The molecule has 0 heterocycles. The van der Waals surface area contributed by atoms with Gasteiger partial charge in [-0.25, -0.2) is 4.57 Å². The number of amides is 1. The van der Waals surface area contributed by atoms with Gasteiger partial charge in [-0.3, -0.25) is 13.8 Å². The molecule has 0 aliphatic rings. The molecule has 1 amide bonds. The maximum Gasteiger partial charge on any atom is 0.472 e. The topological polar surface area (TPSA) is 131 Å². The Morgan fingerprint density at radius 3 is 1.42 bits per heavy atom. The summed E-state index contributed by atoms with van der Waals surface area (Å²) in [5.41, 5.74) is 5.37. The third kappa shape index (κ3) is 35.6. The molecule has 5 N–H and O–H groups in total. The van der Waals surface area contributed by atoms with Crippen molar-refractivity contribution in [1.29, 1.82) is 0 Å². The fraction of sp³-hybridized carbons (Fsp3) is 0.927. The first-order valence-corrected chi connectivity index (χ1v) is 22.8. The molecule has 0 fully saturated rings. The first-order valence-electron chi connectivity index (χ1n) is 21.3. The standard InChI is InChI=1S/C41H83N2O6P/c1-3-5-7-9-11-13-15-17-19-21-22-24-26-28-30-32-34-40(44)39(38-49-50(46,47)48-37-36-42)43-41(45)35-33-31-29-27-25-23-20-18-16-14-12-10-8-6-4-2/h32,34,39-40,44H,3-31,33,35-38,42H2,1-2H3,(H,43,45)(H,46,47)/b34-32+/t39-,40+/m0/s1. The van der Waals surface area contributed by atoms with E-state index in [1.165, 1.54) is 154 Å². The molecule has 8 nitrogen and oxygen atoms in total. The molecule has 0 saturated heterocycles. The summed E-state index contributed by atoms with van der Waals surface area (Å²) in [6.45, 7) is 4.15. The Morgan fingerprint density at radius 2 is 1.02 bits per heavy atom. The number of phosphoric ester groups is 1. The minimum absolute atomic E-state index is 0.0813. The van der Waals surface area contributed by atoms with E-state index in [4.69, 9.17) is 14.8 Å². The second-order valence-corrected chi connectivity index (χ2v) is 16.0. The third-order valence-corrected chi connectivity index (χ3v) is 10.6. The molecule has 0 saturated carbocycles. The lowest BCUT2D eigenvalue weighted by Gasteiger charge is -2.23. The van der Waals surface area contributed by atoms with Crippen molar-refractivity contribution in [3.05, 3.63) is 12.2 Å². The predicted octanol–water partition coefficient (Wildman–Crippen LogP) is 11.6. The zero-order chi connectivity index (χ0) is 36.8. The number of aliphatic hydroxyl groups excluding tert-OH is 1. The van der Waals surface area contributed by atoms with Gasteiger partial charge in [-0.2, -0.15) is 0 Å². The van der Waals surface area contributed by atoms with Gasteiger partial charge in [-0.1, -0.05) is 199 Å². The van der Waals surface area contributed by atoms with Crippen LogP contribution in [-0.4, -0.2) is 47.8 Å². The van der Waals surface area contributed by atoms with E-state index in [0.717, 1.165) is 38.5 Å². The molecule has 50 heavy (non-hydrogen) atoms. The van der Waals surface area contributed by atoms with Gasteiger partial charge < -0.3 is 21.1 Å². The highest BCUT2D eigenvalue weighted by molar-refractivity contribution is 7.47. The summed E-state index contributed by atoms with van der Waals surface area (Å²) in [5.74, 6) is -0.191. The van der Waals surface area contributed by atoms with Gasteiger partial charge in [0.25, 0.3) is 0 Å². The molecular weight excluding hydrogens is 647 g/mol. The summed E-state index contributed by atoms with van der Waals surface area (Å²) in [5, 5.41) is 13.7. The molecule has 1 unspecified atom stereocenters. The summed E-state index contributed by atoms with van der Waals surface area (Å²) in [6, 6.07) is -0.853. The molecule has 0 aromatic carbocycles. The smallest absolute Gasteiger partial charge is 0.387 e. The summed E-state index contributed by atoms with van der Waals surface area (Å²) in [7, 11) is -4.33. The van der Waals surface area contributed by atoms with E-state index < -0.39 is 20.0 Å². The Hall–Kier alpha value is -0.760. The monoisotopic (exact) mass is 731 g/mol. The van der Waals surface area contributed by atoms with Crippen LogP contribution in [0.5, 0.6) is 0 Å². The minimum Gasteiger partial charge on any atom is -0.387 e. The van der Waals surface area contributed by atoms with Crippen LogP contribution in [0.2, 0.25) is 0 Å². The van der Waals surface area contributed by atoms with Crippen molar-refractivity contribution in [3.63, 3.8) is 0 Å². The van der Waals surface area contributed by atoms with E-state index in [2.05, 4.69) is 19.2 Å². The maximum absolute atomic E-state index is 12.7. The number of hydrogen-bond acceptors (Lipinski definition) is 6. The first-order chi connectivity index (χ1) is 24.4. The van der Waals surface area contributed by atoms with Crippen molar-refractivity contribution in [2.45, 2.75) is 225 Å². The molecule has 9 heteroatoms. The first kappa shape index (κ1) is 49.2. The largest absolute Gasteiger partial charge is 0.472 e. The number of phosphoric acid groups is 1. The second-order valence-electron chi connectivity index (χ2n) is 14.6. The molecule has 298 valence electrons. The number of carbonyl (C=O) groups is 1. The maximum atomic E-state index is 12.7. The van der Waals surface area contributed by atoms with Crippen molar-refractivity contribution in [2.24, 2.45) is 5.73 Å². The van der Waals surface area contributed by atoms with Gasteiger partial charge in [-0.15, -0.1) is 0 Å². The second kappa shape index (κ2) is 38.0. The molecule has 0 radical (unpaired) electrons. The van der Waals surface area contributed by atoms with Crippen molar-refractivity contribution < 1.29 is 28.4 Å². The zero-order valence-electron chi connectivity index (χ0n) is 32.9. The Kier molecular flexibility index (Phi) is 37.4. The predicted molar refractivity (Wildman–Crippen MR) is 212 cm³/mol. The molecule has 0 spiro atoms. The number of hydrogen-bond donors (Lipinski definition) is 4. The lowest BCUT2D eigenvalue weighted by Crippen LogP contribution is -2.45. The van der Waals surface area contributed by atoms with Crippen LogP contribution in [-0.2, 0) is 18.4 Å². The van der Waals surface area contributed by atoms with Crippen molar-refractivity contribution in [2.75, 3.05) is 19.8 Å². The molecule has 0 bridgehead atoms. The van der Waals surface area contributed by atoms with Crippen molar-refractivity contribution in [3.8, 4) is 0 Å². The van der Waals surface area contributed by atoms with Gasteiger partial charge in [0.05, 0.1) is 25.4 Å². The number of nitrogens with two attached hydrogens (primary N) is 1. The van der Waals surface area contributed by atoms with Gasteiger partial charge in [0, 0.05) is 13.0 Å². The molecule has 0 rings (SSSR count). The molecule has 0 aromatic rings. The number of nitrogens with one attached hydrogen (secondary N) is 1. The summed E-state index contributed by atoms with van der Waals surface area (Å²) in [4.78, 5) is 22.7. The Labute approximate surface area is 309 Å². The fourth-order valence-corrected chi connectivity index (χ4v) is 7.13. The van der Waals surface area contributed by atoms with Crippen LogP contribution in [0.15, 0.2) is 12.2 Å². The van der Waals surface area contributed by atoms with E-state index in [1.807, 2.05) is 6.08 Å². The van der Waals surface area contributed by atoms with Gasteiger partial charge >= 0.3 is 7.82 Å². The summed E-state index contributed by atoms with van der Waals surface area (Å²) < 4.78 is 22.1. The number of carbonyl (C=O) groups excluding carboxylic acids is 1. The summed E-state index contributed by atoms with van der Waals surface area (Å²) >= 11 is 0. The fourth-order valence-electron chi connectivity index (χ4n) is 6.37. The lowest BCUT2D eigenvalue weighted by molar-refractivity contribution is -0.123. The van der Waals surface area contributed by atoms with Crippen LogP contribution in [0.4, 0.5) is 0 Å². The average molecular weight is 731 g/mol. The molecule has 0 aliphatic heterocycles. The normalized spacial score (nSPS) is 14.3.